The molecule has 0 aromatic carbocycles. The Bertz CT molecular complexity index is 690. The average molecular weight is 416 g/mol. The van der Waals surface area contributed by atoms with Gasteiger partial charge >= 0.3 is 0 Å². The highest BCUT2D eigenvalue weighted by atomic mass is 79.9. The smallest absolute Gasteiger partial charge is 0.265 e. The minimum absolute atomic E-state index is 0.0577. The lowest BCUT2D eigenvalue weighted by Crippen LogP contribution is -2.36. The third kappa shape index (κ3) is 6.38. The molecule has 0 bridgehead atoms. The van der Waals surface area contributed by atoms with E-state index in [1.54, 1.807) is 12.4 Å². The quantitative estimate of drug-likeness (QED) is 0.543. The fourth-order valence-electron chi connectivity index (χ4n) is 2.79. The summed E-state index contributed by atoms with van der Waals surface area (Å²) >= 11 is 3.35. The van der Waals surface area contributed by atoms with Crippen LogP contribution in [0.5, 0.6) is 0 Å². The van der Waals surface area contributed by atoms with Crippen LogP contribution in [0.4, 0.5) is 5.95 Å². The first-order valence-electron chi connectivity index (χ1n) is 7.85. The van der Waals surface area contributed by atoms with E-state index in [2.05, 4.69) is 46.8 Å². The van der Waals surface area contributed by atoms with Crippen LogP contribution in [0, 0.1) is 17.8 Å². The Morgan fingerprint density at radius 2 is 1.88 bits per heavy atom. The summed E-state index contributed by atoms with van der Waals surface area (Å²) in [6.45, 7) is -0.0577. The molecule has 1 aliphatic carbocycles. The van der Waals surface area contributed by atoms with Crippen molar-refractivity contribution in [2.24, 2.45) is 5.92 Å². The zero-order valence-electron chi connectivity index (χ0n) is 13.9. The summed E-state index contributed by atoms with van der Waals surface area (Å²) in [6, 6.07) is 0.448. The molecule has 1 aromatic heterocycles. The van der Waals surface area contributed by atoms with Crippen LogP contribution >= 0.6 is 15.9 Å². The lowest BCUT2D eigenvalue weighted by atomic mass is 9.84. The molecule has 1 aromatic rings. The predicted octanol–water partition coefficient (Wildman–Crippen LogP) is 2.60. The van der Waals surface area contributed by atoms with Crippen LogP contribution < -0.4 is 4.90 Å². The van der Waals surface area contributed by atoms with Crippen LogP contribution in [0.1, 0.15) is 32.1 Å². The third-order valence-electron chi connectivity index (χ3n) is 4.15. The largest absolute Gasteiger partial charge is 0.341 e. The molecule has 0 atom stereocenters. The monoisotopic (exact) mass is 415 g/mol. The molecule has 1 saturated carbocycles. The lowest BCUT2D eigenvalue weighted by molar-refractivity contribution is 0.323. The molecule has 6 nitrogen and oxygen atoms in total. The molecule has 0 spiro atoms. The van der Waals surface area contributed by atoms with Crippen molar-refractivity contribution in [2.45, 2.75) is 38.1 Å². The minimum Gasteiger partial charge on any atom is -0.341 e. The molecule has 8 heteroatoms. The van der Waals surface area contributed by atoms with Gasteiger partial charge in [-0.05, 0) is 47.5 Å². The second-order valence-corrected chi connectivity index (χ2v) is 8.57. The zero-order chi connectivity index (χ0) is 17.6. The molecule has 2 rings (SSSR count). The van der Waals surface area contributed by atoms with Gasteiger partial charge in [-0.25, -0.2) is 9.97 Å². The van der Waals surface area contributed by atoms with Crippen LogP contribution in [0.25, 0.3) is 0 Å². The van der Waals surface area contributed by atoms with Crippen LogP contribution in [-0.4, -0.2) is 44.3 Å². The van der Waals surface area contributed by atoms with E-state index < -0.39 is 10.1 Å². The summed E-state index contributed by atoms with van der Waals surface area (Å²) in [7, 11) is -1.36. The van der Waals surface area contributed by atoms with Crippen molar-refractivity contribution >= 4 is 32.0 Å². The van der Waals surface area contributed by atoms with Crippen molar-refractivity contribution < 1.29 is 12.6 Å². The van der Waals surface area contributed by atoms with Gasteiger partial charge in [-0.2, -0.15) is 8.42 Å². The van der Waals surface area contributed by atoms with Crippen molar-refractivity contribution in [3.8, 4) is 11.8 Å². The van der Waals surface area contributed by atoms with E-state index in [1.165, 1.54) is 0 Å². The van der Waals surface area contributed by atoms with Gasteiger partial charge in [0.2, 0.25) is 5.95 Å². The SMILES string of the molecule is CN(c1ncc(Br)cn1)C1CCC(CC#CCOS(C)(=O)=O)CC1. The summed E-state index contributed by atoms with van der Waals surface area (Å²) in [5.74, 6) is 7.11. The second-order valence-electron chi connectivity index (χ2n) is 6.01. The van der Waals surface area contributed by atoms with Crippen molar-refractivity contribution in [2.75, 3.05) is 24.8 Å². The Labute approximate surface area is 152 Å². The molecule has 0 radical (unpaired) electrons. The molecule has 24 heavy (non-hydrogen) atoms. The van der Waals surface area contributed by atoms with Gasteiger partial charge in [0.25, 0.3) is 10.1 Å². The molecule has 0 amide bonds. The van der Waals surface area contributed by atoms with Crippen LogP contribution in [-0.2, 0) is 14.3 Å². The van der Waals surface area contributed by atoms with Gasteiger partial charge in [0.15, 0.2) is 0 Å². The van der Waals surface area contributed by atoms with Gasteiger partial charge in [0, 0.05) is 31.9 Å². The van der Waals surface area contributed by atoms with Crippen LogP contribution in [0.15, 0.2) is 16.9 Å². The first-order valence-corrected chi connectivity index (χ1v) is 10.5. The van der Waals surface area contributed by atoms with Crippen LogP contribution in [0.2, 0.25) is 0 Å². The Balaban J connectivity index is 1.75. The maximum atomic E-state index is 10.8. The van der Waals surface area contributed by atoms with Gasteiger partial charge in [0.05, 0.1) is 10.7 Å². The number of nitrogens with zero attached hydrogens (tertiary/aromatic N) is 3. The van der Waals surface area contributed by atoms with E-state index in [4.69, 9.17) is 0 Å². The Morgan fingerprint density at radius 3 is 2.46 bits per heavy atom. The zero-order valence-corrected chi connectivity index (χ0v) is 16.3. The van der Waals surface area contributed by atoms with E-state index in [0.717, 1.165) is 48.8 Å². The second kappa shape index (κ2) is 8.79. The van der Waals surface area contributed by atoms with E-state index in [1.807, 2.05) is 7.05 Å². The number of hydrogen-bond acceptors (Lipinski definition) is 6. The third-order valence-corrected chi connectivity index (χ3v) is 5.10. The fraction of sp³-hybridized carbons (Fsp3) is 0.625. The Kier molecular flexibility index (Phi) is 7.02. The number of hydrogen-bond donors (Lipinski definition) is 0. The lowest BCUT2D eigenvalue weighted by Gasteiger charge is -2.34. The molecule has 0 saturated heterocycles. The summed E-state index contributed by atoms with van der Waals surface area (Å²) < 4.78 is 27.1. The van der Waals surface area contributed by atoms with Crippen molar-refractivity contribution in [3.63, 3.8) is 0 Å². The topological polar surface area (TPSA) is 72.4 Å². The molecule has 132 valence electrons. The summed E-state index contributed by atoms with van der Waals surface area (Å²) in [5, 5.41) is 0. The molecule has 1 heterocycles. The normalized spacial score (nSPS) is 21.0. The summed E-state index contributed by atoms with van der Waals surface area (Å²) in [5.41, 5.74) is 0. The molecule has 0 aliphatic heterocycles. The van der Waals surface area contributed by atoms with Crippen molar-refractivity contribution in [1.82, 2.24) is 9.97 Å². The number of anilines is 1. The molecule has 0 unspecified atom stereocenters. The van der Waals surface area contributed by atoms with Crippen LogP contribution in [0.3, 0.4) is 0 Å². The summed E-state index contributed by atoms with van der Waals surface area (Å²) in [4.78, 5) is 10.8. The van der Waals surface area contributed by atoms with E-state index in [9.17, 15) is 8.42 Å². The van der Waals surface area contributed by atoms with Gasteiger partial charge in [-0.3, -0.25) is 4.18 Å². The average Bonchev–Trinajstić information content (AvgIpc) is 2.54. The van der Waals surface area contributed by atoms with Gasteiger partial charge < -0.3 is 4.90 Å². The highest BCUT2D eigenvalue weighted by molar-refractivity contribution is 9.10. The van der Waals surface area contributed by atoms with Gasteiger partial charge in [-0.15, -0.1) is 5.92 Å². The Morgan fingerprint density at radius 1 is 1.25 bits per heavy atom. The van der Waals surface area contributed by atoms with E-state index in [0.29, 0.717) is 12.0 Å². The fourth-order valence-corrected chi connectivity index (χ4v) is 3.27. The van der Waals surface area contributed by atoms with E-state index >= 15 is 0 Å². The highest BCUT2D eigenvalue weighted by Crippen LogP contribution is 2.30. The minimum atomic E-state index is -3.40. The molecular weight excluding hydrogens is 394 g/mol. The first-order chi connectivity index (χ1) is 11.3. The van der Waals surface area contributed by atoms with E-state index in [-0.39, 0.29) is 6.61 Å². The highest BCUT2D eigenvalue weighted by Gasteiger charge is 2.24. The molecule has 1 fully saturated rings. The van der Waals surface area contributed by atoms with Gasteiger partial charge in [-0.1, -0.05) is 5.92 Å². The Hall–Kier alpha value is -1.17. The number of halogens is 1. The maximum Gasteiger partial charge on any atom is 0.265 e. The molecular formula is C16H22BrN3O3S. The van der Waals surface area contributed by atoms with Crippen molar-refractivity contribution in [3.05, 3.63) is 16.9 Å². The first kappa shape index (κ1) is 19.2. The molecule has 1 aliphatic rings. The summed E-state index contributed by atoms with van der Waals surface area (Å²) in [6.07, 6.45) is 9.72. The van der Waals surface area contributed by atoms with Crippen molar-refractivity contribution in [1.29, 1.82) is 0 Å². The van der Waals surface area contributed by atoms with Gasteiger partial charge in [0.1, 0.15) is 6.61 Å². The maximum absolute atomic E-state index is 10.8. The predicted molar refractivity (Wildman–Crippen MR) is 97.1 cm³/mol. The molecule has 0 N–H and O–H groups in total. The number of rotatable bonds is 5. The standard InChI is InChI=1S/C16H22BrN3O3S/c1-20(16-18-11-14(17)12-19-16)15-8-6-13(7-9-15)5-3-4-10-23-24(2,21)22/h11-13,15H,5-10H2,1-2H3. The number of aromatic nitrogens is 2.